The molecule has 1 aliphatic heterocycles. The molecule has 1 saturated heterocycles. The zero-order valence-electron chi connectivity index (χ0n) is 10.8. The summed E-state index contributed by atoms with van der Waals surface area (Å²) in [5.41, 5.74) is 1.06. The van der Waals surface area contributed by atoms with E-state index in [9.17, 15) is 4.79 Å². The van der Waals surface area contributed by atoms with Gasteiger partial charge in [0.25, 0.3) is 0 Å². The number of hydrogen-bond acceptors (Lipinski definition) is 1. The summed E-state index contributed by atoms with van der Waals surface area (Å²) in [5.74, 6) is 0.215. The molecule has 4 heteroatoms. The lowest BCUT2D eigenvalue weighted by Crippen LogP contribution is -2.37. The van der Waals surface area contributed by atoms with E-state index in [2.05, 4.69) is 0 Å². The number of nitrogens with zero attached hydrogens (tertiary/aromatic N) is 2. The van der Waals surface area contributed by atoms with Gasteiger partial charge in [0.1, 0.15) is 6.54 Å². The van der Waals surface area contributed by atoms with Crippen LogP contribution in [0.25, 0.3) is 10.9 Å². The molecule has 3 nitrogen and oxygen atoms in total. The van der Waals surface area contributed by atoms with Crippen LogP contribution in [0.5, 0.6) is 0 Å². The van der Waals surface area contributed by atoms with Crippen molar-refractivity contribution in [2.24, 2.45) is 0 Å². The van der Waals surface area contributed by atoms with Crippen LogP contribution in [0.4, 0.5) is 0 Å². The fourth-order valence-electron chi connectivity index (χ4n) is 2.70. The number of carbonyl (C=O) groups excluding carboxylic acids is 1. The fraction of sp³-hybridized carbons (Fsp3) is 0.400. The minimum Gasteiger partial charge on any atom is -0.341 e. The van der Waals surface area contributed by atoms with E-state index < -0.39 is 0 Å². The first-order chi connectivity index (χ1) is 9.24. The standard InChI is InChI=1S/C15H17ClN2O/c16-13-4-5-14-12(10-13)6-9-18(14)11-15(19)17-7-2-1-3-8-17/h4-6,9-10H,1-3,7-8,11H2. The lowest BCUT2D eigenvalue weighted by molar-refractivity contribution is -0.132. The average molecular weight is 277 g/mol. The van der Waals surface area contributed by atoms with Gasteiger partial charge in [-0.2, -0.15) is 0 Å². The maximum absolute atomic E-state index is 12.3. The van der Waals surface area contributed by atoms with Crippen LogP contribution in [0.2, 0.25) is 5.02 Å². The lowest BCUT2D eigenvalue weighted by Gasteiger charge is -2.27. The minimum atomic E-state index is 0.215. The first-order valence-electron chi connectivity index (χ1n) is 6.76. The smallest absolute Gasteiger partial charge is 0.242 e. The molecule has 0 saturated carbocycles. The van der Waals surface area contributed by atoms with E-state index >= 15 is 0 Å². The van der Waals surface area contributed by atoms with Gasteiger partial charge in [-0.05, 0) is 43.5 Å². The van der Waals surface area contributed by atoms with Crippen LogP contribution < -0.4 is 0 Å². The molecule has 0 aliphatic carbocycles. The lowest BCUT2D eigenvalue weighted by atomic mass is 10.1. The molecule has 2 heterocycles. The van der Waals surface area contributed by atoms with Gasteiger partial charge in [0.15, 0.2) is 0 Å². The summed E-state index contributed by atoms with van der Waals surface area (Å²) in [6.07, 6.45) is 5.47. The van der Waals surface area contributed by atoms with Gasteiger partial charge < -0.3 is 9.47 Å². The number of likely N-dealkylation sites (tertiary alicyclic amines) is 1. The van der Waals surface area contributed by atoms with E-state index in [1.807, 2.05) is 39.9 Å². The highest BCUT2D eigenvalue weighted by Crippen LogP contribution is 2.21. The van der Waals surface area contributed by atoms with Crippen LogP contribution >= 0.6 is 11.6 Å². The number of amides is 1. The van der Waals surface area contributed by atoms with Crippen LogP contribution in [-0.2, 0) is 11.3 Å². The van der Waals surface area contributed by atoms with Crippen molar-refractivity contribution in [3.63, 3.8) is 0 Å². The van der Waals surface area contributed by atoms with Gasteiger partial charge in [-0.3, -0.25) is 4.79 Å². The number of aromatic nitrogens is 1. The van der Waals surface area contributed by atoms with Gasteiger partial charge >= 0.3 is 0 Å². The number of carbonyl (C=O) groups is 1. The molecule has 0 atom stereocenters. The molecular weight excluding hydrogens is 260 g/mol. The number of benzene rings is 1. The highest BCUT2D eigenvalue weighted by molar-refractivity contribution is 6.31. The van der Waals surface area contributed by atoms with Gasteiger partial charge in [-0.15, -0.1) is 0 Å². The third-order valence-electron chi connectivity index (χ3n) is 3.75. The molecule has 1 aliphatic rings. The molecule has 0 bridgehead atoms. The molecule has 3 rings (SSSR count). The van der Waals surface area contributed by atoms with Gasteiger partial charge in [0, 0.05) is 35.2 Å². The molecule has 2 aromatic rings. The number of hydrogen-bond donors (Lipinski definition) is 0. The van der Waals surface area contributed by atoms with Crippen LogP contribution in [0, 0.1) is 0 Å². The van der Waals surface area contributed by atoms with Crippen LogP contribution in [0.1, 0.15) is 19.3 Å². The largest absolute Gasteiger partial charge is 0.341 e. The molecule has 0 unspecified atom stereocenters. The molecule has 100 valence electrons. The average Bonchev–Trinajstić information content (AvgIpc) is 2.82. The van der Waals surface area contributed by atoms with Gasteiger partial charge in [0.05, 0.1) is 0 Å². The first kappa shape index (κ1) is 12.5. The van der Waals surface area contributed by atoms with Crippen molar-refractivity contribution in [3.8, 4) is 0 Å². The Balaban J connectivity index is 1.79. The number of halogens is 1. The Bertz CT molecular complexity index is 599. The second kappa shape index (κ2) is 5.25. The zero-order chi connectivity index (χ0) is 13.2. The van der Waals surface area contributed by atoms with Crippen molar-refractivity contribution in [3.05, 3.63) is 35.5 Å². The monoisotopic (exact) mass is 276 g/mol. The van der Waals surface area contributed by atoms with E-state index in [0.29, 0.717) is 6.54 Å². The van der Waals surface area contributed by atoms with Crippen molar-refractivity contribution in [2.45, 2.75) is 25.8 Å². The van der Waals surface area contributed by atoms with Crippen molar-refractivity contribution in [2.75, 3.05) is 13.1 Å². The van der Waals surface area contributed by atoms with Gasteiger partial charge in [0.2, 0.25) is 5.91 Å². The Hall–Kier alpha value is -1.48. The highest BCUT2D eigenvalue weighted by atomic mass is 35.5. The predicted molar refractivity (Wildman–Crippen MR) is 77.4 cm³/mol. The first-order valence-corrected chi connectivity index (χ1v) is 7.14. The van der Waals surface area contributed by atoms with E-state index in [4.69, 9.17) is 11.6 Å². The summed E-state index contributed by atoms with van der Waals surface area (Å²) < 4.78 is 2.00. The predicted octanol–water partition coefficient (Wildman–Crippen LogP) is 3.31. The van der Waals surface area contributed by atoms with Crippen LogP contribution in [-0.4, -0.2) is 28.5 Å². The molecule has 1 fully saturated rings. The Kier molecular flexibility index (Phi) is 3.47. The Morgan fingerprint density at radius 3 is 2.74 bits per heavy atom. The molecule has 1 amide bonds. The molecule has 0 N–H and O–H groups in total. The molecular formula is C15H17ClN2O. The summed E-state index contributed by atoms with van der Waals surface area (Å²) >= 11 is 5.97. The Morgan fingerprint density at radius 1 is 1.16 bits per heavy atom. The highest BCUT2D eigenvalue weighted by Gasteiger charge is 2.17. The van der Waals surface area contributed by atoms with Gasteiger partial charge in [-0.1, -0.05) is 11.6 Å². The van der Waals surface area contributed by atoms with E-state index in [0.717, 1.165) is 41.9 Å². The normalized spacial score (nSPS) is 15.9. The summed E-state index contributed by atoms with van der Waals surface area (Å²) in [5, 5.41) is 1.81. The molecule has 0 spiro atoms. The van der Waals surface area contributed by atoms with E-state index in [1.165, 1.54) is 6.42 Å². The maximum atomic E-state index is 12.3. The van der Waals surface area contributed by atoms with Crippen molar-refractivity contribution >= 4 is 28.4 Å². The SMILES string of the molecule is O=C(Cn1ccc2cc(Cl)ccc21)N1CCCCC1. The fourth-order valence-corrected chi connectivity index (χ4v) is 2.88. The Labute approximate surface area is 117 Å². The zero-order valence-corrected chi connectivity index (χ0v) is 11.6. The van der Waals surface area contributed by atoms with Crippen molar-refractivity contribution in [1.82, 2.24) is 9.47 Å². The number of fused-ring (bicyclic) bond motifs is 1. The second-order valence-electron chi connectivity index (χ2n) is 5.09. The van der Waals surface area contributed by atoms with Gasteiger partial charge in [-0.25, -0.2) is 0 Å². The third-order valence-corrected chi connectivity index (χ3v) is 3.98. The summed E-state index contributed by atoms with van der Waals surface area (Å²) in [6.45, 7) is 2.23. The minimum absolute atomic E-state index is 0.215. The summed E-state index contributed by atoms with van der Waals surface area (Å²) in [6, 6.07) is 7.77. The van der Waals surface area contributed by atoms with Crippen molar-refractivity contribution < 1.29 is 4.79 Å². The molecule has 1 aromatic heterocycles. The molecule has 0 radical (unpaired) electrons. The topological polar surface area (TPSA) is 25.2 Å². The summed E-state index contributed by atoms with van der Waals surface area (Å²) in [4.78, 5) is 14.2. The quantitative estimate of drug-likeness (QED) is 0.826. The van der Waals surface area contributed by atoms with E-state index in [1.54, 1.807) is 0 Å². The second-order valence-corrected chi connectivity index (χ2v) is 5.52. The summed E-state index contributed by atoms with van der Waals surface area (Å²) in [7, 11) is 0. The van der Waals surface area contributed by atoms with Crippen LogP contribution in [0.3, 0.4) is 0 Å². The molecule has 19 heavy (non-hydrogen) atoms. The van der Waals surface area contributed by atoms with Crippen LogP contribution in [0.15, 0.2) is 30.5 Å². The maximum Gasteiger partial charge on any atom is 0.242 e. The van der Waals surface area contributed by atoms with E-state index in [-0.39, 0.29) is 5.91 Å². The van der Waals surface area contributed by atoms with Crippen molar-refractivity contribution in [1.29, 1.82) is 0 Å². The molecule has 1 aromatic carbocycles. The third kappa shape index (κ3) is 2.61. The Morgan fingerprint density at radius 2 is 1.95 bits per heavy atom. The number of rotatable bonds is 2. The number of piperidine rings is 1.